The molecule has 0 heterocycles. The van der Waals surface area contributed by atoms with Crippen molar-refractivity contribution in [2.45, 2.75) is 64.9 Å². The van der Waals surface area contributed by atoms with Crippen molar-refractivity contribution in [2.75, 3.05) is 0 Å². The van der Waals surface area contributed by atoms with Crippen LogP contribution < -0.4 is 0 Å². The maximum absolute atomic E-state index is 11.2. The average molecular weight is 379 g/mol. The van der Waals surface area contributed by atoms with Crippen LogP contribution >= 0.6 is 0 Å². The highest BCUT2D eigenvalue weighted by Crippen LogP contribution is 2.46. The SMILES string of the molecule is Cc1cc2c(cc1C=Cc1ccc(C(=O)O)c(C)c1)C(C)(C)CC(O)C2(C)C. The maximum atomic E-state index is 11.2. The van der Waals surface area contributed by atoms with Gasteiger partial charge in [-0.1, -0.05) is 64.1 Å². The van der Waals surface area contributed by atoms with E-state index in [0.29, 0.717) is 5.56 Å². The second-order valence-corrected chi connectivity index (χ2v) is 9.29. The van der Waals surface area contributed by atoms with E-state index in [1.165, 1.54) is 16.7 Å². The molecule has 3 nitrogen and oxygen atoms in total. The molecule has 3 rings (SSSR count). The van der Waals surface area contributed by atoms with Crippen LogP contribution in [0.25, 0.3) is 12.2 Å². The Morgan fingerprint density at radius 2 is 1.68 bits per heavy atom. The van der Waals surface area contributed by atoms with Crippen LogP contribution in [0, 0.1) is 13.8 Å². The minimum absolute atomic E-state index is 0.0831. The largest absolute Gasteiger partial charge is 0.478 e. The molecule has 1 aliphatic carbocycles. The average Bonchev–Trinajstić information content (AvgIpc) is 2.58. The van der Waals surface area contributed by atoms with Crippen LogP contribution in [0.4, 0.5) is 0 Å². The molecule has 28 heavy (non-hydrogen) atoms. The topological polar surface area (TPSA) is 57.5 Å². The lowest BCUT2D eigenvalue weighted by molar-refractivity contribution is 0.0582. The minimum Gasteiger partial charge on any atom is -0.478 e. The Labute approximate surface area is 167 Å². The Morgan fingerprint density at radius 3 is 2.29 bits per heavy atom. The van der Waals surface area contributed by atoms with Gasteiger partial charge in [-0.25, -0.2) is 4.79 Å². The molecule has 1 unspecified atom stereocenters. The number of aliphatic hydroxyl groups is 1. The Morgan fingerprint density at radius 1 is 1.00 bits per heavy atom. The summed E-state index contributed by atoms with van der Waals surface area (Å²) in [5.74, 6) is -0.898. The molecule has 0 amide bonds. The van der Waals surface area contributed by atoms with E-state index in [0.717, 1.165) is 23.1 Å². The molecule has 1 atom stereocenters. The molecule has 0 radical (unpaired) electrons. The van der Waals surface area contributed by atoms with Crippen molar-refractivity contribution in [1.82, 2.24) is 0 Å². The summed E-state index contributed by atoms with van der Waals surface area (Å²) in [6.45, 7) is 12.5. The molecule has 0 spiro atoms. The van der Waals surface area contributed by atoms with Gasteiger partial charge in [-0.05, 0) is 65.1 Å². The standard InChI is InChI=1S/C25H30O3/c1-15-12-21-20(24(3,4)14-22(26)25(21,5)6)13-18(15)9-7-17-8-10-19(23(27)28)16(2)11-17/h7-13,22,26H,14H2,1-6H3,(H,27,28). The van der Waals surface area contributed by atoms with Gasteiger partial charge in [0.2, 0.25) is 0 Å². The van der Waals surface area contributed by atoms with Crippen LogP contribution in [-0.2, 0) is 10.8 Å². The van der Waals surface area contributed by atoms with Gasteiger partial charge in [0, 0.05) is 5.41 Å². The van der Waals surface area contributed by atoms with Gasteiger partial charge >= 0.3 is 5.97 Å². The van der Waals surface area contributed by atoms with Crippen molar-refractivity contribution in [3.63, 3.8) is 0 Å². The third-order valence-electron chi connectivity index (χ3n) is 6.30. The quantitative estimate of drug-likeness (QED) is 0.694. The molecular weight excluding hydrogens is 348 g/mol. The van der Waals surface area contributed by atoms with Crippen LogP contribution in [0.2, 0.25) is 0 Å². The summed E-state index contributed by atoms with van der Waals surface area (Å²) in [5, 5.41) is 19.9. The highest BCUT2D eigenvalue weighted by atomic mass is 16.4. The van der Waals surface area contributed by atoms with E-state index in [4.69, 9.17) is 0 Å². The number of aliphatic hydroxyl groups excluding tert-OH is 1. The summed E-state index contributed by atoms with van der Waals surface area (Å²) in [5.41, 5.74) is 6.58. The van der Waals surface area contributed by atoms with Gasteiger partial charge in [-0.2, -0.15) is 0 Å². The van der Waals surface area contributed by atoms with Gasteiger partial charge in [-0.3, -0.25) is 0 Å². The lowest BCUT2D eigenvalue weighted by atomic mass is 9.61. The third-order valence-corrected chi connectivity index (χ3v) is 6.30. The van der Waals surface area contributed by atoms with Crippen molar-refractivity contribution >= 4 is 18.1 Å². The molecule has 2 aromatic carbocycles. The predicted octanol–water partition coefficient (Wildman–Crippen LogP) is 5.49. The fourth-order valence-corrected chi connectivity index (χ4v) is 4.24. The van der Waals surface area contributed by atoms with Crippen LogP contribution in [0.5, 0.6) is 0 Å². The van der Waals surface area contributed by atoms with E-state index >= 15 is 0 Å². The molecule has 0 aromatic heterocycles. The highest BCUT2D eigenvalue weighted by molar-refractivity contribution is 5.90. The Hall–Kier alpha value is -2.39. The van der Waals surface area contributed by atoms with Crippen LogP contribution in [0.15, 0.2) is 30.3 Å². The molecule has 0 saturated carbocycles. The van der Waals surface area contributed by atoms with Crippen LogP contribution in [0.1, 0.15) is 77.9 Å². The Bertz CT molecular complexity index is 964. The van der Waals surface area contributed by atoms with Crippen molar-refractivity contribution in [2.24, 2.45) is 0 Å². The zero-order valence-corrected chi connectivity index (χ0v) is 17.6. The lowest BCUT2D eigenvalue weighted by Gasteiger charge is -2.45. The van der Waals surface area contributed by atoms with Crippen LogP contribution in [0.3, 0.4) is 0 Å². The Balaban J connectivity index is 2.02. The van der Waals surface area contributed by atoms with E-state index in [2.05, 4.69) is 52.8 Å². The summed E-state index contributed by atoms with van der Waals surface area (Å²) in [4.78, 5) is 11.2. The number of aromatic carboxylic acids is 1. The molecule has 2 N–H and O–H groups in total. The second-order valence-electron chi connectivity index (χ2n) is 9.29. The predicted molar refractivity (Wildman–Crippen MR) is 115 cm³/mol. The number of benzene rings is 2. The zero-order chi connectivity index (χ0) is 20.9. The summed E-state index contributed by atoms with van der Waals surface area (Å²) < 4.78 is 0. The summed E-state index contributed by atoms with van der Waals surface area (Å²) in [6.07, 6.45) is 4.52. The van der Waals surface area contributed by atoms with E-state index in [-0.39, 0.29) is 16.9 Å². The first-order chi connectivity index (χ1) is 12.9. The molecule has 3 heteroatoms. The molecule has 0 fully saturated rings. The number of carboxylic acids is 1. The normalized spacial score (nSPS) is 20.2. The number of aryl methyl sites for hydroxylation is 2. The first-order valence-electron chi connectivity index (χ1n) is 9.79. The first-order valence-corrected chi connectivity index (χ1v) is 9.79. The maximum Gasteiger partial charge on any atom is 0.335 e. The second kappa shape index (κ2) is 6.89. The number of fused-ring (bicyclic) bond motifs is 1. The van der Waals surface area contributed by atoms with Gasteiger partial charge in [0.25, 0.3) is 0 Å². The number of hydrogen-bond acceptors (Lipinski definition) is 2. The molecule has 0 aliphatic heterocycles. The Kier molecular flexibility index (Phi) is 5.01. The van der Waals surface area contributed by atoms with E-state index in [1.54, 1.807) is 6.07 Å². The molecule has 0 saturated heterocycles. The van der Waals surface area contributed by atoms with Gasteiger partial charge in [0.15, 0.2) is 0 Å². The summed E-state index contributed by atoms with van der Waals surface area (Å²) in [6, 6.07) is 9.87. The number of carboxylic acid groups (broad SMARTS) is 1. The first kappa shape index (κ1) is 20.3. The van der Waals surface area contributed by atoms with Gasteiger partial charge in [0.05, 0.1) is 11.7 Å². The van der Waals surface area contributed by atoms with E-state index in [1.807, 2.05) is 25.1 Å². The monoisotopic (exact) mass is 378 g/mol. The number of rotatable bonds is 3. The fourth-order valence-electron chi connectivity index (χ4n) is 4.24. The van der Waals surface area contributed by atoms with Gasteiger partial charge < -0.3 is 10.2 Å². The van der Waals surface area contributed by atoms with Crippen molar-refractivity contribution in [3.8, 4) is 0 Å². The van der Waals surface area contributed by atoms with Gasteiger partial charge in [-0.15, -0.1) is 0 Å². The van der Waals surface area contributed by atoms with Crippen molar-refractivity contribution in [3.05, 3.63) is 69.3 Å². The van der Waals surface area contributed by atoms with Crippen molar-refractivity contribution < 1.29 is 15.0 Å². The highest BCUT2D eigenvalue weighted by Gasteiger charge is 2.43. The van der Waals surface area contributed by atoms with Crippen LogP contribution in [-0.4, -0.2) is 22.3 Å². The fraction of sp³-hybridized carbons (Fsp3) is 0.400. The third kappa shape index (κ3) is 3.51. The van der Waals surface area contributed by atoms with Crippen molar-refractivity contribution in [1.29, 1.82) is 0 Å². The zero-order valence-electron chi connectivity index (χ0n) is 17.6. The lowest BCUT2D eigenvalue weighted by Crippen LogP contribution is -2.45. The molecule has 2 aromatic rings. The number of carbonyl (C=O) groups is 1. The molecule has 1 aliphatic rings. The minimum atomic E-state index is -0.898. The van der Waals surface area contributed by atoms with E-state index in [9.17, 15) is 15.0 Å². The molecular formula is C25H30O3. The smallest absolute Gasteiger partial charge is 0.335 e. The molecule has 148 valence electrons. The summed E-state index contributed by atoms with van der Waals surface area (Å²) in [7, 11) is 0. The van der Waals surface area contributed by atoms with Gasteiger partial charge in [0.1, 0.15) is 0 Å². The summed E-state index contributed by atoms with van der Waals surface area (Å²) >= 11 is 0. The molecule has 0 bridgehead atoms. The van der Waals surface area contributed by atoms with E-state index < -0.39 is 5.97 Å². The number of hydrogen-bond donors (Lipinski definition) is 2.